The monoisotopic (exact) mass is 318 g/mol. The van der Waals surface area contributed by atoms with Crippen molar-refractivity contribution in [2.24, 2.45) is 5.92 Å². The summed E-state index contributed by atoms with van der Waals surface area (Å²) in [6.07, 6.45) is 1.95. The van der Waals surface area contributed by atoms with E-state index in [2.05, 4.69) is 4.98 Å². The fourth-order valence-corrected chi connectivity index (χ4v) is 3.40. The van der Waals surface area contributed by atoms with E-state index in [4.69, 9.17) is 9.47 Å². The first-order chi connectivity index (χ1) is 11.0. The van der Waals surface area contributed by atoms with E-state index in [1.807, 2.05) is 43.9 Å². The Morgan fingerprint density at radius 3 is 2.96 bits per heavy atom. The summed E-state index contributed by atoms with van der Waals surface area (Å²) in [4.78, 5) is 18.4. The smallest absolute Gasteiger partial charge is 0.225 e. The Kier molecular flexibility index (Phi) is 4.69. The fraction of sp³-hybridized carbons (Fsp3) is 0.667. The van der Waals surface area contributed by atoms with Crippen LogP contribution >= 0.6 is 0 Å². The Morgan fingerprint density at radius 2 is 2.26 bits per heavy atom. The first-order valence-corrected chi connectivity index (χ1v) is 8.44. The van der Waals surface area contributed by atoms with Gasteiger partial charge in [-0.25, -0.2) is 0 Å². The lowest BCUT2D eigenvalue weighted by Crippen LogP contribution is -2.67. The van der Waals surface area contributed by atoms with Crippen LogP contribution < -0.4 is 0 Å². The maximum atomic E-state index is 12.0. The zero-order chi connectivity index (χ0) is 16.4. The van der Waals surface area contributed by atoms with E-state index in [9.17, 15) is 4.79 Å². The van der Waals surface area contributed by atoms with Crippen molar-refractivity contribution in [2.75, 3.05) is 19.7 Å². The lowest BCUT2D eigenvalue weighted by Gasteiger charge is -2.53. The minimum Gasteiger partial charge on any atom is -0.372 e. The first kappa shape index (κ1) is 16.4. The normalized spacial score (nSPS) is 23.1. The average molecular weight is 318 g/mol. The topological polar surface area (TPSA) is 51.7 Å². The van der Waals surface area contributed by atoms with Crippen LogP contribution in [-0.2, 0) is 20.9 Å². The highest BCUT2D eigenvalue weighted by Crippen LogP contribution is 2.36. The minimum atomic E-state index is -0.187. The van der Waals surface area contributed by atoms with Gasteiger partial charge in [0.1, 0.15) is 5.60 Å². The summed E-state index contributed by atoms with van der Waals surface area (Å²) in [6, 6.07) is 5.99. The predicted octanol–water partition coefficient (Wildman–Crippen LogP) is 2.32. The summed E-state index contributed by atoms with van der Waals surface area (Å²) in [5.74, 6) is 0.265. The molecular weight excluding hydrogens is 292 g/mol. The van der Waals surface area contributed by atoms with E-state index in [-0.39, 0.29) is 23.5 Å². The third-order valence-corrected chi connectivity index (χ3v) is 4.62. The molecule has 2 fully saturated rings. The van der Waals surface area contributed by atoms with Gasteiger partial charge in [0.25, 0.3) is 0 Å². The highest BCUT2D eigenvalue weighted by Gasteiger charge is 2.49. The molecule has 3 heterocycles. The van der Waals surface area contributed by atoms with Gasteiger partial charge in [-0.3, -0.25) is 9.78 Å². The number of amides is 1. The zero-order valence-electron chi connectivity index (χ0n) is 14.2. The number of pyridine rings is 1. The molecule has 3 rings (SSSR count). The second-order valence-electron chi connectivity index (χ2n) is 7.08. The van der Waals surface area contributed by atoms with E-state index in [1.54, 1.807) is 0 Å². The van der Waals surface area contributed by atoms with Crippen LogP contribution in [0.5, 0.6) is 0 Å². The van der Waals surface area contributed by atoms with Crippen molar-refractivity contribution < 1.29 is 14.3 Å². The number of carbonyl (C=O) groups excluding carboxylic acids is 1. The average Bonchev–Trinajstić information content (AvgIpc) is 2.50. The van der Waals surface area contributed by atoms with Crippen molar-refractivity contribution in [1.29, 1.82) is 0 Å². The summed E-state index contributed by atoms with van der Waals surface area (Å²) in [7, 11) is 0. The lowest BCUT2D eigenvalue weighted by atomic mass is 9.84. The molecule has 1 spiro atoms. The van der Waals surface area contributed by atoms with Crippen LogP contribution in [0.15, 0.2) is 18.2 Å². The summed E-state index contributed by atoms with van der Waals surface area (Å²) >= 11 is 0. The maximum absolute atomic E-state index is 12.0. The van der Waals surface area contributed by atoms with Gasteiger partial charge in [0, 0.05) is 24.6 Å². The number of hydrogen-bond donors (Lipinski definition) is 0. The first-order valence-electron chi connectivity index (χ1n) is 8.44. The molecule has 0 aromatic carbocycles. The molecule has 23 heavy (non-hydrogen) atoms. The number of aryl methyl sites for hydroxylation is 1. The van der Waals surface area contributed by atoms with Crippen LogP contribution in [0.4, 0.5) is 0 Å². The Morgan fingerprint density at radius 1 is 1.48 bits per heavy atom. The summed E-state index contributed by atoms with van der Waals surface area (Å²) in [5.41, 5.74) is 1.79. The molecule has 0 bridgehead atoms. The van der Waals surface area contributed by atoms with Crippen molar-refractivity contribution in [1.82, 2.24) is 9.88 Å². The number of ether oxygens (including phenoxy) is 2. The molecule has 0 unspecified atom stereocenters. The van der Waals surface area contributed by atoms with Crippen molar-refractivity contribution in [2.45, 2.75) is 51.9 Å². The second kappa shape index (κ2) is 6.57. The molecular formula is C18H26N2O3. The molecule has 5 nitrogen and oxygen atoms in total. The van der Waals surface area contributed by atoms with Crippen LogP contribution in [0, 0.1) is 12.8 Å². The van der Waals surface area contributed by atoms with Gasteiger partial charge in [0.2, 0.25) is 5.91 Å². The van der Waals surface area contributed by atoms with Gasteiger partial charge >= 0.3 is 0 Å². The van der Waals surface area contributed by atoms with E-state index in [1.165, 1.54) is 0 Å². The predicted molar refractivity (Wildman–Crippen MR) is 86.9 cm³/mol. The van der Waals surface area contributed by atoms with E-state index in [0.717, 1.165) is 24.2 Å². The van der Waals surface area contributed by atoms with Gasteiger partial charge in [-0.2, -0.15) is 0 Å². The Labute approximate surface area is 138 Å². The SMILES string of the molecule is Cc1cccc(CO[C@H]2CCOC3(C2)CN(C(=O)C(C)C)C3)n1. The third kappa shape index (κ3) is 3.72. The molecule has 2 saturated heterocycles. The zero-order valence-corrected chi connectivity index (χ0v) is 14.2. The molecule has 2 aliphatic rings. The molecule has 1 aromatic heterocycles. The quantitative estimate of drug-likeness (QED) is 0.855. The number of nitrogens with zero attached hydrogens (tertiary/aromatic N) is 2. The van der Waals surface area contributed by atoms with Gasteiger partial charge in [-0.05, 0) is 25.5 Å². The van der Waals surface area contributed by atoms with E-state index in [0.29, 0.717) is 26.3 Å². The number of hydrogen-bond acceptors (Lipinski definition) is 4. The molecule has 0 N–H and O–H groups in total. The van der Waals surface area contributed by atoms with Crippen LogP contribution in [-0.4, -0.2) is 47.2 Å². The molecule has 5 heteroatoms. The number of rotatable bonds is 4. The molecule has 0 aliphatic carbocycles. The van der Waals surface area contributed by atoms with Crippen molar-refractivity contribution >= 4 is 5.91 Å². The lowest BCUT2D eigenvalue weighted by molar-refractivity contribution is -0.204. The Balaban J connectivity index is 1.51. The van der Waals surface area contributed by atoms with Gasteiger partial charge < -0.3 is 14.4 Å². The summed E-state index contributed by atoms with van der Waals surface area (Å²) in [6.45, 7) is 8.51. The van der Waals surface area contributed by atoms with Crippen molar-refractivity contribution in [3.63, 3.8) is 0 Å². The summed E-state index contributed by atoms with van der Waals surface area (Å²) in [5, 5.41) is 0. The van der Waals surface area contributed by atoms with Crippen molar-refractivity contribution in [3.8, 4) is 0 Å². The minimum absolute atomic E-state index is 0.0513. The van der Waals surface area contributed by atoms with Crippen LogP contribution in [0.1, 0.15) is 38.1 Å². The van der Waals surface area contributed by atoms with Gasteiger partial charge in [-0.15, -0.1) is 0 Å². The molecule has 0 radical (unpaired) electrons. The Bertz CT molecular complexity index is 567. The standard InChI is InChI=1S/C18H26N2O3/c1-13(2)17(21)20-11-18(12-20)9-16(7-8-23-18)22-10-15-6-4-5-14(3)19-15/h4-6,13,16H,7-12H2,1-3H3/t16-/m0/s1. The molecule has 1 aromatic rings. The van der Waals surface area contributed by atoms with Gasteiger partial charge in [-0.1, -0.05) is 19.9 Å². The molecule has 1 atom stereocenters. The number of carbonyl (C=O) groups is 1. The second-order valence-corrected chi connectivity index (χ2v) is 7.08. The van der Waals surface area contributed by atoms with E-state index >= 15 is 0 Å². The van der Waals surface area contributed by atoms with E-state index < -0.39 is 0 Å². The number of likely N-dealkylation sites (tertiary alicyclic amines) is 1. The van der Waals surface area contributed by atoms with Gasteiger partial charge in [0.05, 0.1) is 31.5 Å². The fourth-order valence-electron chi connectivity index (χ4n) is 3.40. The highest BCUT2D eigenvalue weighted by atomic mass is 16.5. The molecule has 0 saturated carbocycles. The highest BCUT2D eigenvalue weighted by molar-refractivity contribution is 5.79. The third-order valence-electron chi connectivity index (χ3n) is 4.62. The van der Waals surface area contributed by atoms with Gasteiger partial charge in [0.15, 0.2) is 0 Å². The van der Waals surface area contributed by atoms with Crippen molar-refractivity contribution in [3.05, 3.63) is 29.6 Å². The number of aromatic nitrogens is 1. The van der Waals surface area contributed by atoms with Crippen LogP contribution in [0.25, 0.3) is 0 Å². The molecule has 126 valence electrons. The van der Waals surface area contributed by atoms with Crippen LogP contribution in [0.3, 0.4) is 0 Å². The maximum Gasteiger partial charge on any atom is 0.225 e. The van der Waals surface area contributed by atoms with Crippen LogP contribution in [0.2, 0.25) is 0 Å². The summed E-state index contributed by atoms with van der Waals surface area (Å²) < 4.78 is 12.0. The molecule has 1 amide bonds. The molecule has 2 aliphatic heterocycles. The largest absolute Gasteiger partial charge is 0.372 e. The Hall–Kier alpha value is -1.46.